The highest BCUT2D eigenvalue weighted by Gasteiger charge is 2.22. The zero-order valence-electron chi connectivity index (χ0n) is 15.7. The summed E-state index contributed by atoms with van der Waals surface area (Å²) < 4.78 is 38.7. The number of unbranched alkanes of at least 4 members (excludes halogenated alkanes) is 6. The molecule has 0 heterocycles. The highest BCUT2D eigenvalue weighted by Crippen LogP contribution is 2.38. The molecule has 2 rings (SSSR count). The second-order valence-corrected chi connectivity index (χ2v) is 8.09. The van der Waals surface area contributed by atoms with E-state index < -0.39 is 15.0 Å². The maximum Gasteiger partial charge on any atom is 0.298 e. The molecule has 0 saturated carbocycles. The Kier molecular flexibility index (Phi) is 8.13. The summed E-state index contributed by atoms with van der Waals surface area (Å²) in [6.45, 7) is 2.18. The number of rotatable bonds is 11. The van der Waals surface area contributed by atoms with Crippen LogP contribution >= 0.6 is 0 Å². The van der Waals surface area contributed by atoms with Crippen molar-refractivity contribution in [3.05, 3.63) is 48.0 Å². The molecular weight excluding hydrogens is 364 g/mol. The third kappa shape index (κ3) is 6.88. The molecule has 0 aliphatic heterocycles. The van der Waals surface area contributed by atoms with Crippen LogP contribution in [0.15, 0.2) is 47.4 Å². The minimum Gasteiger partial charge on any atom is -0.504 e. The molecule has 0 radical (unpaired) electrons. The third-order valence-electron chi connectivity index (χ3n) is 4.41. The summed E-state index contributed by atoms with van der Waals surface area (Å²) in [4.78, 5) is -0.413. The lowest BCUT2D eigenvalue weighted by Gasteiger charge is -2.13. The Balaban J connectivity index is 2.09. The minimum atomic E-state index is -4.53. The van der Waals surface area contributed by atoms with Crippen molar-refractivity contribution in [2.24, 2.45) is 0 Å². The molecule has 0 atom stereocenters. The quantitative estimate of drug-likeness (QED) is 0.377. The summed E-state index contributed by atoms with van der Waals surface area (Å²) in [5.41, 5.74) is 0.661. The average Bonchev–Trinajstić information content (AvgIpc) is 2.63. The molecule has 27 heavy (non-hydrogen) atoms. The summed E-state index contributed by atoms with van der Waals surface area (Å²) in [6.07, 6.45) is 8.66. The first-order valence-electron chi connectivity index (χ1n) is 9.48. The van der Waals surface area contributed by atoms with E-state index >= 15 is 0 Å². The number of para-hydroxylation sites is 1. The first-order valence-corrected chi connectivity index (χ1v) is 10.9. The van der Waals surface area contributed by atoms with Gasteiger partial charge in [0.25, 0.3) is 10.1 Å². The fraction of sp³-hybridized carbons (Fsp3) is 0.429. The second kappa shape index (κ2) is 10.3. The van der Waals surface area contributed by atoms with Crippen LogP contribution in [0.4, 0.5) is 0 Å². The van der Waals surface area contributed by atoms with Gasteiger partial charge in [0.15, 0.2) is 11.5 Å². The Bertz CT molecular complexity index is 816. The van der Waals surface area contributed by atoms with Gasteiger partial charge in [0.05, 0.1) is 0 Å². The zero-order chi connectivity index (χ0) is 19.7. The molecule has 0 aliphatic carbocycles. The molecule has 148 valence electrons. The van der Waals surface area contributed by atoms with Gasteiger partial charge < -0.3 is 9.84 Å². The molecule has 0 amide bonds. The van der Waals surface area contributed by atoms with Crippen LogP contribution in [0.3, 0.4) is 0 Å². The van der Waals surface area contributed by atoms with Crippen molar-refractivity contribution in [3.8, 4) is 17.2 Å². The van der Waals surface area contributed by atoms with Gasteiger partial charge in [-0.25, -0.2) is 0 Å². The van der Waals surface area contributed by atoms with Crippen LogP contribution in [0.25, 0.3) is 0 Å². The van der Waals surface area contributed by atoms with Crippen molar-refractivity contribution in [1.82, 2.24) is 0 Å². The fourth-order valence-electron chi connectivity index (χ4n) is 2.97. The molecule has 0 spiro atoms. The van der Waals surface area contributed by atoms with Gasteiger partial charge in [0, 0.05) is 0 Å². The van der Waals surface area contributed by atoms with Crippen molar-refractivity contribution in [1.29, 1.82) is 0 Å². The molecule has 0 bridgehead atoms. The molecule has 0 aliphatic rings. The smallest absolute Gasteiger partial charge is 0.298 e. The van der Waals surface area contributed by atoms with Crippen LogP contribution in [0.5, 0.6) is 17.2 Å². The maximum absolute atomic E-state index is 11.8. The number of benzene rings is 2. The van der Waals surface area contributed by atoms with Gasteiger partial charge in [-0.1, -0.05) is 63.6 Å². The van der Waals surface area contributed by atoms with Gasteiger partial charge in [-0.2, -0.15) is 8.42 Å². The summed E-state index contributed by atoms with van der Waals surface area (Å²) in [5.74, 6) is -0.184. The molecule has 0 saturated heterocycles. The van der Waals surface area contributed by atoms with E-state index in [0.29, 0.717) is 17.7 Å². The average molecular weight is 393 g/mol. The number of aromatic hydroxyl groups is 1. The van der Waals surface area contributed by atoms with E-state index in [-0.39, 0.29) is 11.5 Å². The lowest BCUT2D eigenvalue weighted by Crippen LogP contribution is -2.03. The topological polar surface area (TPSA) is 83.8 Å². The first-order chi connectivity index (χ1) is 12.9. The van der Waals surface area contributed by atoms with Crippen LogP contribution < -0.4 is 4.74 Å². The molecule has 5 nitrogen and oxygen atoms in total. The number of phenolic OH excluding ortho intramolecular Hbond substituents is 1. The number of hydrogen-bond donors (Lipinski definition) is 2. The van der Waals surface area contributed by atoms with Gasteiger partial charge in [-0.05, 0) is 42.7 Å². The molecule has 2 N–H and O–H groups in total. The predicted molar refractivity (Wildman–Crippen MR) is 106 cm³/mol. The van der Waals surface area contributed by atoms with Crippen LogP contribution in [-0.2, 0) is 16.5 Å². The van der Waals surface area contributed by atoms with Gasteiger partial charge in [0.1, 0.15) is 10.6 Å². The van der Waals surface area contributed by atoms with E-state index in [4.69, 9.17) is 4.74 Å². The molecule has 2 aromatic carbocycles. The van der Waals surface area contributed by atoms with Gasteiger partial charge in [-0.15, -0.1) is 0 Å². The van der Waals surface area contributed by atoms with Crippen molar-refractivity contribution >= 4 is 10.1 Å². The minimum absolute atomic E-state index is 0.257. The van der Waals surface area contributed by atoms with Crippen LogP contribution in [0, 0.1) is 0 Å². The lowest BCUT2D eigenvalue weighted by molar-refractivity contribution is 0.396. The highest BCUT2D eigenvalue weighted by atomic mass is 32.2. The predicted octanol–water partition coefficient (Wildman–Crippen LogP) is 5.72. The number of phenols is 1. The second-order valence-electron chi connectivity index (χ2n) is 6.70. The van der Waals surface area contributed by atoms with E-state index in [2.05, 4.69) is 6.92 Å². The summed E-state index contributed by atoms with van der Waals surface area (Å²) in [6, 6.07) is 11.4. The number of aryl methyl sites for hydroxylation is 1. The SMILES string of the molecule is CCCCCCCCCc1cc(O)c(Oc2ccccc2)c(S(=O)(=O)O)c1. The number of ether oxygens (including phenoxy) is 1. The molecule has 0 fully saturated rings. The summed E-state index contributed by atoms with van der Waals surface area (Å²) >= 11 is 0. The summed E-state index contributed by atoms with van der Waals surface area (Å²) in [5, 5.41) is 10.3. The monoisotopic (exact) mass is 392 g/mol. The van der Waals surface area contributed by atoms with Crippen molar-refractivity contribution in [3.63, 3.8) is 0 Å². The highest BCUT2D eigenvalue weighted by molar-refractivity contribution is 7.86. The van der Waals surface area contributed by atoms with E-state index in [1.165, 1.54) is 37.8 Å². The Morgan fingerprint density at radius 2 is 1.56 bits per heavy atom. The standard InChI is InChI=1S/C21H28O5S/c1-2-3-4-5-6-7-9-12-17-15-19(22)21(20(16-17)27(23,24)25)26-18-13-10-8-11-14-18/h8,10-11,13-16,22H,2-7,9,12H2,1H3,(H,23,24,25). The molecule has 0 unspecified atom stereocenters. The Morgan fingerprint density at radius 1 is 0.926 bits per heavy atom. The van der Waals surface area contributed by atoms with Crippen LogP contribution in [-0.4, -0.2) is 18.1 Å². The van der Waals surface area contributed by atoms with Crippen molar-refractivity contribution < 1.29 is 22.8 Å². The van der Waals surface area contributed by atoms with Crippen molar-refractivity contribution in [2.45, 2.75) is 63.2 Å². The zero-order valence-corrected chi connectivity index (χ0v) is 16.5. The first kappa shape index (κ1) is 21.3. The summed E-state index contributed by atoms with van der Waals surface area (Å²) in [7, 11) is -4.53. The lowest BCUT2D eigenvalue weighted by atomic mass is 10.0. The Morgan fingerprint density at radius 3 is 2.19 bits per heavy atom. The molecule has 2 aromatic rings. The van der Waals surface area contributed by atoms with E-state index in [0.717, 1.165) is 19.3 Å². The van der Waals surface area contributed by atoms with E-state index in [1.807, 2.05) is 0 Å². The van der Waals surface area contributed by atoms with E-state index in [1.54, 1.807) is 30.3 Å². The van der Waals surface area contributed by atoms with Gasteiger partial charge in [-0.3, -0.25) is 4.55 Å². The van der Waals surface area contributed by atoms with Gasteiger partial charge >= 0.3 is 0 Å². The van der Waals surface area contributed by atoms with Crippen LogP contribution in [0.1, 0.15) is 57.4 Å². The largest absolute Gasteiger partial charge is 0.504 e. The Hall–Kier alpha value is -2.05. The molecule has 0 aromatic heterocycles. The Labute approximate surface area is 161 Å². The van der Waals surface area contributed by atoms with Crippen LogP contribution in [0.2, 0.25) is 0 Å². The third-order valence-corrected chi connectivity index (χ3v) is 5.26. The maximum atomic E-state index is 11.8. The van der Waals surface area contributed by atoms with Crippen molar-refractivity contribution in [2.75, 3.05) is 0 Å². The van der Waals surface area contributed by atoms with Gasteiger partial charge in [0.2, 0.25) is 0 Å². The normalized spacial score (nSPS) is 11.5. The van der Waals surface area contributed by atoms with E-state index in [9.17, 15) is 18.1 Å². The molecular formula is C21H28O5S. The fourth-order valence-corrected chi connectivity index (χ4v) is 3.65. The molecule has 6 heteroatoms. The number of hydrogen-bond acceptors (Lipinski definition) is 4.